The number of amides is 3. The molecule has 0 aromatic heterocycles. The quantitative estimate of drug-likeness (QED) is 0.381. The number of carbonyl (C=O) groups is 4. The number of piperazine rings is 1. The van der Waals surface area contributed by atoms with Crippen molar-refractivity contribution < 1.29 is 23.9 Å². The number of esters is 1. The SMILES string of the molecule is CC(=O)Oc1ccc(/C=C2/SC(=O)N(CC(=O)N3CCN(c4ccccc4)CC3)C2=O)cc1. The van der Waals surface area contributed by atoms with Gasteiger partial charge < -0.3 is 14.5 Å². The Labute approximate surface area is 195 Å². The number of hydrogen-bond acceptors (Lipinski definition) is 7. The van der Waals surface area contributed by atoms with Crippen molar-refractivity contribution in [2.75, 3.05) is 37.6 Å². The van der Waals surface area contributed by atoms with E-state index < -0.39 is 17.1 Å². The van der Waals surface area contributed by atoms with E-state index in [2.05, 4.69) is 4.90 Å². The number of nitrogens with zero attached hydrogens (tertiary/aromatic N) is 3. The van der Waals surface area contributed by atoms with Crippen molar-refractivity contribution in [3.05, 3.63) is 65.1 Å². The van der Waals surface area contributed by atoms with Crippen LogP contribution in [0.15, 0.2) is 59.5 Å². The van der Waals surface area contributed by atoms with Crippen molar-refractivity contribution in [3.63, 3.8) is 0 Å². The van der Waals surface area contributed by atoms with Crippen LogP contribution >= 0.6 is 11.8 Å². The van der Waals surface area contributed by atoms with Crippen LogP contribution in [-0.4, -0.2) is 65.5 Å². The summed E-state index contributed by atoms with van der Waals surface area (Å²) in [6.45, 7) is 3.51. The minimum absolute atomic E-state index is 0.239. The van der Waals surface area contributed by atoms with Crippen molar-refractivity contribution in [1.29, 1.82) is 0 Å². The number of ether oxygens (including phenoxy) is 1. The lowest BCUT2D eigenvalue weighted by Crippen LogP contribution is -2.51. The van der Waals surface area contributed by atoms with Crippen LogP contribution in [0.3, 0.4) is 0 Å². The maximum atomic E-state index is 12.8. The van der Waals surface area contributed by atoms with E-state index in [9.17, 15) is 19.2 Å². The van der Waals surface area contributed by atoms with Gasteiger partial charge in [-0.05, 0) is 47.7 Å². The standard InChI is InChI=1S/C24H23N3O5S/c1-17(28)32-20-9-7-18(8-10-20)15-21-23(30)27(24(31)33-21)16-22(29)26-13-11-25(12-14-26)19-5-3-2-4-6-19/h2-10,15H,11-14,16H2,1H3/b21-15+. The molecular formula is C24H23N3O5S. The fourth-order valence-corrected chi connectivity index (χ4v) is 4.51. The summed E-state index contributed by atoms with van der Waals surface area (Å²) in [6.07, 6.45) is 1.59. The molecule has 2 fully saturated rings. The van der Waals surface area contributed by atoms with E-state index in [4.69, 9.17) is 4.74 Å². The third kappa shape index (κ3) is 5.43. The maximum absolute atomic E-state index is 12.8. The number of para-hydroxylation sites is 1. The lowest BCUT2D eigenvalue weighted by molar-refractivity contribution is -0.136. The Hall–Kier alpha value is -3.59. The smallest absolute Gasteiger partial charge is 0.308 e. The average Bonchev–Trinajstić information content (AvgIpc) is 3.08. The van der Waals surface area contributed by atoms with Crippen LogP contribution in [0.2, 0.25) is 0 Å². The minimum Gasteiger partial charge on any atom is -0.427 e. The van der Waals surface area contributed by atoms with E-state index >= 15 is 0 Å². The number of thioether (sulfide) groups is 1. The van der Waals surface area contributed by atoms with Gasteiger partial charge in [0.25, 0.3) is 11.1 Å². The van der Waals surface area contributed by atoms with Gasteiger partial charge in [-0.25, -0.2) is 0 Å². The molecule has 2 aliphatic rings. The predicted molar refractivity (Wildman–Crippen MR) is 126 cm³/mol. The summed E-state index contributed by atoms with van der Waals surface area (Å²) in [4.78, 5) is 54.1. The Kier molecular flexibility index (Phi) is 6.79. The highest BCUT2D eigenvalue weighted by molar-refractivity contribution is 8.18. The lowest BCUT2D eigenvalue weighted by atomic mass is 10.2. The van der Waals surface area contributed by atoms with E-state index in [-0.39, 0.29) is 17.4 Å². The summed E-state index contributed by atoms with van der Waals surface area (Å²) < 4.78 is 4.99. The highest BCUT2D eigenvalue weighted by atomic mass is 32.2. The minimum atomic E-state index is -0.481. The molecule has 2 saturated heterocycles. The molecule has 0 atom stereocenters. The van der Waals surface area contributed by atoms with Gasteiger partial charge in [-0.1, -0.05) is 30.3 Å². The molecule has 9 heteroatoms. The van der Waals surface area contributed by atoms with E-state index in [1.54, 1.807) is 35.2 Å². The molecule has 0 spiro atoms. The highest BCUT2D eigenvalue weighted by Gasteiger charge is 2.37. The zero-order chi connectivity index (χ0) is 23.4. The Balaban J connectivity index is 1.34. The van der Waals surface area contributed by atoms with Gasteiger partial charge in [0, 0.05) is 38.8 Å². The molecule has 0 N–H and O–H groups in total. The second-order valence-corrected chi connectivity index (χ2v) is 8.63. The van der Waals surface area contributed by atoms with Gasteiger partial charge in [-0.2, -0.15) is 0 Å². The molecule has 2 aromatic carbocycles. The van der Waals surface area contributed by atoms with Crippen LogP contribution in [-0.2, 0) is 14.4 Å². The van der Waals surface area contributed by atoms with Gasteiger partial charge in [0.05, 0.1) is 4.91 Å². The van der Waals surface area contributed by atoms with E-state index in [1.807, 2.05) is 30.3 Å². The van der Waals surface area contributed by atoms with Crippen LogP contribution in [0.1, 0.15) is 12.5 Å². The van der Waals surface area contributed by atoms with Gasteiger partial charge in [0.2, 0.25) is 5.91 Å². The Bertz CT molecular complexity index is 1090. The molecule has 2 aliphatic heterocycles. The summed E-state index contributed by atoms with van der Waals surface area (Å²) in [7, 11) is 0. The zero-order valence-corrected chi connectivity index (χ0v) is 18.9. The van der Waals surface area contributed by atoms with Crippen LogP contribution in [0.25, 0.3) is 6.08 Å². The fourth-order valence-electron chi connectivity index (χ4n) is 3.67. The van der Waals surface area contributed by atoms with Crippen LogP contribution < -0.4 is 9.64 Å². The van der Waals surface area contributed by atoms with Crippen molar-refractivity contribution in [2.45, 2.75) is 6.92 Å². The Morgan fingerprint density at radius 2 is 1.64 bits per heavy atom. The first-order valence-corrected chi connectivity index (χ1v) is 11.3. The van der Waals surface area contributed by atoms with Gasteiger partial charge in [-0.15, -0.1) is 0 Å². The van der Waals surface area contributed by atoms with Crippen molar-refractivity contribution >= 4 is 46.5 Å². The zero-order valence-electron chi connectivity index (χ0n) is 18.1. The Morgan fingerprint density at radius 3 is 2.27 bits per heavy atom. The molecule has 4 rings (SSSR count). The average molecular weight is 466 g/mol. The second-order valence-electron chi connectivity index (χ2n) is 7.63. The van der Waals surface area contributed by atoms with Crippen molar-refractivity contribution in [2.24, 2.45) is 0 Å². The van der Waals surface area contributed by atoms with Gasteiger partial charge in [-0.3, -0.25) is 24.1 Å². The Morgan fingerprint density at radius 1 is 0.970 bits per heavy atom. The fraction of sp³-hybridized carbons (Fsp3) is 0.250. The largest absolute Gasteiger partial charge is 0.427 e. The molecule has 0 bridgehead atoms. The summed E-state index contributed by atoms with van der Waals surface area (Å²) in [5.41, 5.74) is 1.79. The first-order chi connectivity index (χ1) is 15.9. The number of imide groups is 1. The number of benzene rings is 2. The van der Waals surface area contributed by atoms with Gasteiger partial charge >= 0.3 is 5.97 Å². The molecular weight excluding hydrogens is 442 g/mol. The number of anilines is 1. The van der Waals surface area contributed by atoms with E-state index in [1.165, 1.54) is 6.92 Å². The summed E-state index contributed by atoms with van der Waals surface area (Å²) >= 11 is 0.812. The molecule has 0 saturated carbocycles. The lowest BCUT2D eigenvalue weighted by Gasteiger charge is -2.36. The third-order valence-electron chi connectivity index (χ3n) is 5.36. The van der Waals surface area contributed by atoms with E-state index in [0.717, 1.165) is 22.3 Å². The third-order valence-corrected chi connectivity index (χ3v) is 6.27. The molecule has 0 radical (unpaired) electrons. The van der Waals surface area contributed by atoms with E-state index in [0.29, 0.717) is 37.5 Å². The topological polar surface area (TPSA) is 87.2 Å². The summed E-state index contributed by atoms with van der Waals surface area (Å²) in [5, 5.41) is -0.459. The second kappa shape index (κ2) is 9.91. The monoisotopic (exact) mass is 465 g/mol. The van der Waals surface area contributed by atoms with Crippen molar-refractivity contribution in [3.8, 4) is 5.75 Å². The molecule has 0 aliphatic carbocycles. The molecule has 2 aromatic rings. The number of hydrogen-bond donors (Lipinski definition) is 0. The highest BCUT2D eigenvalue weighted by Crippen LogP contribution is 2.32. The van der Waals surface area contributed by atoms with Crippen LogP contribution in [0.5, 0.6) is 5.75 Å². The number of carbonyl (C=O) groups excluding carboxylic acids is 4. The van der Waals surface area contributed by atoms with Gasteiger partial charge in [0.15, 0.2) is 0 Å². The maximum Gasteiger partial charge on any atom is 0.308 e. The van der Waals surface area contributed by atoms with Gasteiger partial charge in [0.1, 0.15) is 12.3 Å². The predicted octanol–water partition coefficient (Wildman–Crippen LogP) is 3.00. The number of rotatable bonds is 5. The van der Waals surface area contributed by atoms with Crippen molar-refractivity contribution in [1.82, 2.24) is 9.80 Å². The summed E-state index contributed by atoms with van der Waals surface area (Å²) in [5.74, 6) is -0.747. The van der Waals surface area contributed by atoms with Crippen LogP contribution in [0.4, 0.5) is 10.5 Å². The molecule has 8 nitrogen and oxygen atoms in total. The molecule has 2 heterocycles. The molecule has 170 valence electrons. The molecule has 33 heavy (non-hydrogen) atoms. The normalized spacial score (nSPS) is 17.6. The first-order valence-electron chi connectivity index (χ1n) is 10.5. The van der Waals surface area contributed by atoms with Crippen LogP contribution in [0, 0.1) is 0 Å². The first kappa shape index (κ1) is 22.6. The summed E-state index contributed by atoms with van der Waals surface area (Å²) in [6, 6.07) is 16.6. The molecule has 3 amide bonds. The molecule has 0 unspecified atom stereocenters.